The van der Waals surface area contributed by atoms with Crippen molar-refractivity contribution in [2.24, 2.45) is 5.41 Å². The summed E-state index contributed by atoms with van der Waals surface area (Å²) in [5.74, 6) is -9.97. The Balaban J connectivity index is 5.61. The first-order valence-electron chi connectivity index (χ1n) is 3.68. The maximum absolute atomic E-state index is 10.5. The van der Waals surface area contributed by atoms with Crippen molar-refractivity contribution < 1.29 is 44.7 Å². The molecule has 9 nitrogen and oxygen atoms in total. The molecule has 0 aliphatic heterocycles. The molecule has 0 fully saturated rings. The van der Waals surface area contributed by atoms with E-state index in [1.54, 1.807) is 0 Å². The molecule has 0 radical (unpaired) electrons. The highest BCUT2D eigenvalue weighted by Crippen LogP contribution is 2.25. The van der Waals surface area contributed by atoms with Crippen molar-refractivity contribution in [3.63, 3.8) is 0 Å². The summed E-state index contributed by atoms with van der Waals surface area (Å²) in [4.78, 5) is 41.3. The van der Waals surface area contributed by atoms with Gasteiger partial charge in [-0.1, -0.05) is 0 Å². The largest absolute Gasteiger partial charge is 0.550 e. The summed E-state index contributed by atoms with van der Waals surface area (Å²) in [5.41, 5.74) is -3.66. The second-order valence-electron chi connectivity index (χ2n) is 2.82. The van der Waals surface area contributed by atoms with Crippen LogP contribution in [0, 0.1) is 5.41 Å². The van der Waals surface area contributed by atoms with Crippen LogP contribution in [0.25, 0.3) is 0 Å². The third-order valence-corrected chi connectivity index (χ3v) is 1.84. The van der Waals surface area contributed by atoms with Crippen molar-refractivity contribution >= 4 is 23.9 Å². The lowest BCUT2D eigenvalue weighted by Crippen LogP contribution is -2.65. The van der Waals surface area contributed by atoms with Crippen molar-refractivity contribution in [1.82, 2.24) is 0 Å². The van der Waals surface area contributed by atoms with Crippen LogP contribution in [-0.2, 0) is 19.2 Å². The number of aliphatic hydroxyl groups excluding tert-OH is 1. The monoisotopic (exact) mass is 232 g/mol. The topological polar surface area (TPSA) is 181 Å². The van der Waals surface area contributed by atoms with Crippen LogP contribution in [0.3, 0.4) is 0 Å². The number of hydrogen-bond donors (Lipinski definition) is 1. The summed E-state index contributed by atoms with van der Waals surface area (Å²) in [6, 6.07) is 0. The van der Waals surface area contributed by atoms with Gasteiger partial charge in [0.2, 0.25) is 0 Å². The summed E-state index contributed by atoms with van der Waals surface area (Å²) in [7, 11) is 0. The Kier molecular flexibility index (Phi) is 3.96. The molecule has 90 valence electrons. The average molecular weight is 232 g/mol. The zero-order valence-corrected chi connectivity index (χ0v) is 7.50. The minimum atomic E-state index is -3.66. The fourth-order valence-corrected chi connectivity index (χ4v) is 0.976. The van der Waals surface area contributed by atoms with E-state index >= 15 is 0 Å². The number of carbonyl (C=O) groups excluding carboxylic acids is 4. The predicted octanol–water partition coefficient (Wildman–Crippen LogP) is -7.28. The number of carboxylic acids is 4. The molecule has 1 N–H and O–H groups in total. The molecule has 0 bridgehead atoms. The van der Waals surface area contributed by atoms with Gasteiger partial charge in [0.15, 0.2) is 0 Å². The van der Waals surface area contributed by atoms with Crippen molar-refractivity contribution in [1.29, 1.82) is 0 Å². The van der Waals surface area contributed by atoms with Gasteiger partial charge in [0, 0.05) is 12.4 Å². The summed E-state index contributed by atoms with van der Waals surface area (Å²) in [6.07, 6.45) is -4.97. The van der Waals surface area contributed by atoms with E-state index in [9.17, 15) is 39.6 Å². The lowest BCUT2D eigenvalue weighted by atomic mass is 9.79. The van der Waals surface area contributed by atoms with Crippen LogP contribution in [-0.4, -0.2) is 35.1 Å². The van der Waals surface area contributed by atoms with Crippen LogP contribution in [0.4, 0.5) is 0 Å². The Morgan fingerprint density at radius 3 is 1.56 bits per heavy atom. The summed E-state index contributed by atoms with van der Waals surface area (Å²) < 4.78 is 0. The fourth-order valence-electron chi connectivity index (χ4n) is 0.976. The molecule has 0 saturated heterocycles. The lowest BCUT2D eigenvalue weighted by Gasteiger charge is -2.40. The van der Waals surface area contributed by atoms with Gasteiger partial charge in [0.1, 0.15) is 6.10 Å². The highest BCUT2D eigenvalue weighted by atomic mass is 16.4. The van der Waals surface area contributed by atoms with Crippen LogP contribution in [0.1, 0.15) is 6.42 Å². The van der Waals surface area contributed by atoms with Crippen molar-refractivity contribution in [2.45, 2.75) is 12.5 Å². The van der Waals surface area contributed by atoms with Crippen molar-refractivity contribution in [2.75, 3.05) is 0 Å². The zero-order chi connectivity index (χ0) is 13.1. The van der Waals surface area contributed by atoms with Gasteiger partial charge >= 0.3 is 0 Å². The lowest BCUT2D eigenvalue weighted by molar-refractivity contribution is -0.363. The number of aliphatic hydroxyl groups is 1. The normalized spacial score (nSPS) is 12.8. The number of carboxylic acid groups (broad SMARTS) is 4. The molecule has 0 aromatic rings. The quantitative estimate of drug-likeness (QED) is 0.434. The standard InChI is InChI=1S/C7H8O9/c8-2(9)1-7(5(13)14,6(15)16)3(10)4(11)12/h3,10H,1H2,(H,8,9)(H,11,12)(H,13,14)(H,15,16)/p-4. The Labute approximate surface area is 87.5 Å². The van der Waals surface area contributed by atoms with Gasteiger partial charge in [-0.15, -0.1) is 0 Å². The van der Waals surface area contributed by atoms with Crippen molar-refractivity contribution in [3.8, 4) is 0 Å². The number of aliphatic carboxylic acids is 4. The van der Waals surface area contributed by atoms with Gasteiger partial charge in [-0.05, 0) is 0 Å². The molecule has 0 aliphatic carbocycles. The minimum Gasteiger partial charge on any atom is -0.550 e. The first-order chi connectivity index (χ1) is 7.16. The minimum absolute atomic E-state index is 1.83. The maximum Gasteiger partial charge on any atom is 0.110 e. The van der Waals surface area contributed by atoms with E-state index in [1.165, 1.54) is 0 Å². The molecular formula is C7H4O9-4. The SMILES string of the molecule is O=C([O-])CC(C(=O)[O-])(C(=O)[O-])C(O)C(=O)[O-]. The third-order valence-electron chi connectivity index (χ3n) is 1.84. The Hall–Kier alpha value is -2.16. The second kappa shape index (κ2) is 4.57. The van der Waals surface area contributed by atoms with Gasteiger partial charge in [-0.25, -0.2) is 0 Å². The highest BCUT2D eigenvalue weighted by molar-refractivity contribution is 6.03. The number of carbonyl (C=O) groups is 4. The predicted molar refractivity (Wildman–Crippen MR) is 33.1 cm³/mol. The Bertz CT molecular complexity index is 330. The third kappa shape index (κ3) is 2.25. The molecule has 0 spiro atoms. The zero-order valence-electron chi connectivity index (χ0n) is 7.50. The van der Waals surface area contributed by atoms with E-state index in [4.69, 9.17) is 5.11 Å². The fraction of sp³-hybridized carbons (Fsp3) is 0.429. The Morgan fingerprint density at radius 1 is 1.00 bits per heavy atom. The molecule has 16 heavy (non-hydrogen) atoms. The molecule has 0 rings (SSSR count). The average Bonchev–Trinajstić information content (AvgIpc) is 2.11. The molecule has 0 heterocycles. The molecule has 9 heteroatoms. The summed E-state index contributed by atoms with van der Waals surface area (Å²) >= 11 is 0. The van der Waals surface area contributed by atoms with Crippen LogP contribution < -0.4 is 20.4 Å². The highest BCUT2D eigenvalue weighted by Gasteiger charge is 2.42. The van der Waals surface area contributed by atoms with Crippen LogP contribution in [0.2, 0.25) is 0 Å². The van der Waals surface area contributed by atoms with E-state index in [1.807, 2.05) is 0 Å². The number of rotatable bonds is 6. The van der Waals surface area contributed by atoms with Gasteiger partial charge in [0.05, 0.1) is 23.3 Å². The Morgan fingerprint density at radius 2 is 1.38 bits per heavy atom. The van der Waals surface area contributed by atoms with Crippen molar-refractivity contribution in [3.05, 3.63) is 0 Å². The molecule has 0 aromatic heterocycles. The van der Waals surface area contributed by atoms with Crippen LogP contribution in [0.15, 0.2) is 0 Å². The van der Waals surface area contributed by atoms with E-state index in [0.717, 1.165) is 0 Å². The van der Waals surface area contributed by atoms with E-state index in [-0.39, 0.29) is 0 Å². The summed E-state index contributed by atoms with van der Waals surface area (Å²) in [5, 5.41) is 50.1. The molecule has 0 aliphatic rings. The van der Waals surface area contributed by atoms with Gasteiger partial charge < -0.3 is 44.7 Å². The molecule has 1 atom stereocenters. The molecule has 0 aromatic carbocycles. The van der Waals surface area contributed by atoms with Gasteiger partial charge in [-0.2, -0.15) is 0 Å². The molecule has 0 saturated carbocycles. The van der Waals surface area contributed by atoms with E-state index in [0.29, 0.717) is 0 Å². The van der Waals surface area contributed by atoms with Crippen LogP contribution in [0.5, 0.6) is 0 Å². The van der Waals surface area contributed by atoms with E-state index < -0.39 is 41.8 Å². The van der Waals surface area contributed by atoms with Gasteiger partial charge in [0.25, 0.3) is 0 Å². The first kappa shape index (κ1) is 13.8. The second-order valence-corrected chi connectivity index (χ2v) is 2.82. The molecule has 0 amide bonds. The first-order valence-corrected chi connectivity index (χ1v) is 3.68. The van der Waals surface area contributed by atoms with Gasteiger partial charge in [-0.3, -0.25) is 0 Å². The number of hydrogen-bond acceptors (Lipinski definition) is 9. The smallest absolute Gasteiger partial charge is 0.110 e. The molecular weight excluding hydrogens is 228 g/mol. The molecule has 1 unspecified atom stereocenters. The van der Waals surface area contributed by atoms with Crippen LogP contribution >= 0.6 is 0 Å². The summed E-state index contributed by atoms with van der Waals surface area (Å²) in [6.45, 7) is 0. The maximum atomic E-state index is 10.5. The van der Waals surface area contributed by atoms with E-state index in [2.05, 4.69) is 0 Å².